The van der Waals surface area contributed by atoms with Crippen LogP contribution in [0.15, 0.2) is 0 Å². The number of rotatable bonds is 5. The van der Waals surface area contributed by atoms with Crippen LogP contribution >= 0.6 is 0 Å². The minimum absolute atomic E-state index is 0.0269. The average molecular weight is 321 g/mol. The van der Waals surface area contributed by atoms with Crippen LogP contribution in [0.25, 0.3) is 0 Å². The summed E-state index contributed by atoms with van der Waals surface area (Å²) >= 11 is 0. The van der Waals surface area contributed by atoms with Crippen LogP contribution in [0.5, 0.6) is 0 Å². The quantitative estimate of drug-likeness (QED) is 0.711. The van der Waals surface area contributed by atoms with Gasteiger partial charge in [-0.2, -0.15) is 0 Å². The van der Waals surface area contributed by atoms with E-state index in [4.69, 9.17) is 0 Å². The van der Waals surface area contributed by atoms with Crippen LogP contribution in [0.2, 0.25) is 0 Å². The Balaban J connectivity index is 0.000000360. The highest BCUT2D eigenvalue weighted by Crippen LogP contribution is 2.26. The lowest BCUT2D eigenvalue weighted by Crippen LogP contribution is -2.25. The van der Waals surface area contributed by atoms with Crippen molar-refractivity contribution in [3.63, 3.8) is 0 Å². The van der Waals surface area contributed by atoms with Gasteiger partial charge in [-0.05, 0) is 57.8 Å². The van der Waals surface area contributed by atoms with E-state index in [1.54, 1.807) is 0 Å². The smallest absolute Gasteiger partial charge is 0.261 e. The summed E-state index contributed by atoms with van der Waals surface area (Å²) in [6.45, 7) is 16.0. The average Bonchev–Trinajstić information content (AvgIpc) is 3.09. The highest BCUT2D eigenvalue weighted by molar-refractivity contribution is 4.80. The van der Waals surface area contributed by atoms with Crippen LogP contribution in [-0.4, -0.2) is 55.0 Å². The molecule has 2 saturated heterocycles. The van der Waals surface area contributed by atoms with Gasteiger partial charge in [0, 0.05) is 13.0 Å². The van der Waals surface area contributed by atoms with E-state index in [2.05, 4.69) is 18.7 Å². The van der Waals surface area contributed by atoms with Gasteiger partial charge in [0.2, 0.25) is 0 Å². The van der Waals surface area contributed by atoms with Crippen LogP contribution in [0.1, 0.15) is 66.7 Å². The van der Waals surface area contributed by atoms with E-state index < -0.39 is 5.92 Å². The molecule has 0 saturated carbocycles. The van der Waals surface area contributed by atoms with Crippen molar-refractivity contribution in [1.29, 1.82) is 0 Å². The van der Waals surface area contributed by atoms with Crippen LogP contribution in [-0.2, 0) is 0 Å². The van der Waals surface area contributed by atoms with E-state index in [0.717, 1.165) is 18.9 Å². The zero-order chi connectivity index (χ0) is 17.0. The normalized spacial score (nSPS) is 21.3. The van der Waals surface area contributed by atoms with Crippen molar-refractivity contribution in [1.82, 2.24) is 9.80 Å². The molecule has 0 unspecified atom stereocenters. The van der Waals surface area contributed by atoms with Gasteiger partial charge in [-0.1, -0.05) is 34.6 Å². The predicted octanol–water partition coefficient (Wildman–Crippen LogP) is 4.89. The first-order valence-corrected chi connectivity index (χ1v) is 9.25. The molecule has 0 spiro atoms. The van der Waals surface area contributed by atoms with Crippen LogP contribution in [0, 0.1) is 5.92 Å². The van der Waals surface area contributed by atoms with Crippen molar-refractivity contribution < 1.29 is 8.78 Å². The van der Waals surface area contributed by atoms with Crippen molar-refractivity contribution in [2.75, 3.05) is 39.3 Å². The molecule has 0 radical (unpaired) electrons. The van der Waals surface area contributed by atoms with E-state index in [-0.39, 0.29) is 13.0 Å². The van der Waals surface area contributed by atoms with E-state index in [1.807, 2.05) is 25.7 Å². The number of halogens is 2. The van der Waals surface area contributed by atoms with E-state index in [9.17, 15) is 8.78 Å². The number of hydrogen-bond acceptors (Lipinski definition) is 2. The van der Waals surface area contributed by atoms with Crippen molar-refractivity contribution in [3.05, 3.63) is 0 Å². The molecule has 0 bridgehead atoms. The van der Waals surface area contributed by atoms with Crippen molar-refractivity contribution in [2.24, 2.45) is 5.92 Å². The predicted molar refractivity (Wildman–Crippen MR) is 92.8 cm³/mol. The maximum absolute atomic E-state index is 12.5. The van der Waals surface area contributed by atoms with Crippen molar-refractivity contribution in [3.8, 4) is 0 Å². The molecule has 2 heterocycles. The Morgan fingerprint density at radius 3 is 1.95 bits per heavy atom. The highest BCUT2D eigenvalue weighted by atomic mass is 19.3. The second-order valence-electron chi connectivity index (χ2n) is 6.61. The van der Waals surface area contributed by atoms with Gasteiger partial charge in [0.25, 0.3) is 5.92 Å². The summed E-state index contributed by atoms with van der Waals surface area (Å²) < 4.78 is 25.0. The van der Waals surface area contributed by atoms with E-state index >= 15 is 0 Å². The van der Waals surface area contributed by atoms with Gasteiger partial charge in [-0.15, -0.1) is 0 Å². The lowest BCUT2D eigenvalue weighted by Gasteiger charge is -2.15. The molecule has 2 nitrogen and oxygen atoms in total. The third kappa shape index (κ3) is 10.5. The Bertz CT molecular complexity index is 251. The van der Waals surface area contributed by atoms with E-state index in [0.29, 0.717) is 6.54 Å². The summed E-state index contributed by atoms with van der Waals surface area (Å²) in [7, 11) is 0. The van der Waals surface area contributed by atoms with E-state index in [1.165, 1.54) is 38.9 Å². The molecule has 0 aromatic rings. The van der Waals surface area contributed by atoms with Gasteiger partial charge < -0.3 is 4.90 Å². The molecule has 22 heavy (non-hydrogen) atoms. The van der Waals surface area contributed by atoms with Gasteiger partial charge in [0.05, 0.1) is 6.54 Å². The Morgan fingerprint density at radius 1 is 0.955 bits per heavy atom. The summed E-state index contributed by atoms with van der Waals surface area (Å²) in [5.74, 6) is -1.53. The molecule has 2 aliphatic rings. The van der Waals surface area contributed by atoms with Crippen molar-refractivity contribution >= 4 is 0 Å². The molecule has 4 heteroatoms. The SMILES string of the molecule is CC.CC(C)CCN1CCCC1.CCCN1CCC(F)(F)C1. The number of nitrogens with zero attached hydrogens (tertiary/aromatic N) is 2. The molecule has 0 N–H and O–H groups in total. The monoisotopic (exact) mass is 320 g/mol. The third-order valence-electron chi connectivity index (χ3n) is 4.01. The fourth-order valence-electron chi connectivity index (χ4n) is 2.76. The molecule has 134 valence electrons. The first-order chi connectivity index (χ1) is 10.4. The maximum Gasteiger partial charge on any atom is 0.261 e. The fraction of sp³-hybridized carbons (Fsp3) is 1.00. The Labute approximate surface area is 137 Å². The lowest BCUT2D eigenvalue weighted by molar-refractivity contribution is 0.0123. The summed E-state index contributed by atoms with van der Waals surface area (Å²) in [5, 5.41) is 0. The van der Waals surface area contributed by atoms with Crippen LogP contribution < -0.4 is 0 Å². The Hall–Kier alpha value is -0.220. The topological polar surface area (TPSA) is 6.48 Å². The first kappa shape index (κ1) is 21.8. The Morgan fingerprint density at radius 2 is 1.55 bits per heavy atom. The molecular formula is C18H38F2N2. The maximum atomic E-state index is 12.5. The summed E-state index contributed by atoms with van der Waals surface area (Å²) in [6, 6.07) is 0. The molecule has 0 aliphatic carbocycles. The van der Waals surface area contributed by atoms with Crippen LogP contribution in [0.3, 0.4) is 0 Å². The molecule has 2 aliphatic heterocycles. The third-order valence-corrected chi connectivity index (χ3v) is 4.01. The summed E-state index contributed by atoms with van der Waals surface area (Å²) in [5.41, 5.74) is 0. The summed E-state index contributed by atoms with van der Waals surface area (Å²) in [4.78, 5) is 4.40. The zero-order valence-corrected chi connectivity index (χ0v) is 15.5. The van der Waals surface area contributed by atoms with Gasteiger partial charge in [-0.3, -0.25) is 4.90 Å². The standard InChI is InChI=1S/C9H19N.C7H13F2N.C2H6/c1-9(2)5-8-10-6-3-4-7-10;1-2-4-10-5-3-7(8,9)6-10;1-2/h9H,3-8H2,1-2H3;2-6H2,1H3;1-2H3. The largest absolute Gasteiger partial charge is 0.303 e. The second kappa shape index (κ2) is 12.2. The minimum Gasteiger partial charge on any atom is -0.303 e. The number of likely N-dealkylation sites (tertiary alicyclic amines) is 2. The highest BCUT2D eigenvalue weighted by Gasteiger charge is 2.37. The van der Waals surface area contributed by atoms with Gasteiger partial charge >= 0.3 is 0 Å². The van der Waals surface area contributed by atoms with Gasteiger partial charge in [-0.25, -0.2) is 8.78 Å². The molecule has 0 aromatic carbocycles. The zero-order valence-electron chi connectivity index (χ0n) is 15.5. The Kier molecular flexibility index (Phi) is 12.1. The van der Waals surface area contributed by atoms with Crippen LogP contribution in [0.4, 0.5) is 8.78 Å². The fourth-order valence-corrected chi connectivity index (χ4v) is 2.76. The van der Waals surface area contributed by atoms with Gasteiger partial charge in [0.1, 0.15) is 0 Å². The lowest BCUT2D eigenvalue weighted by atomic mass is 10.1. The second-order valence-corrected chi connectivity index (χ2v) is 6.61. The molecular weight excluding hydrogens is 282 g/mol. The molecule has 2 fully saturated rings. The molecule has 2 rings (SSSR count). The molecule has 0 amide bonds. The van der Waals surface area contributed by atoms with Gasteiger partial charge in [0.15, 0.2) is 0 Å². The van der Waals surface area contributed by atoms with Crippen molar-refractivity contribution in [2.45, 2.75) is 72.6 Å². The minimum atomic E-state index is -2.41. The summed E-state index contributed by atoms with van der Waals surface area (Å²) in [6.07, 6.45) is 5.25. The first-order valence-electron chi connectivity index (χ1n) is 9.25. The molecule has 0 atom stereocenters. The number of hydrogen-bond donors (Lipinski definition) is 0. The number of alkyl halides is 2. The molecule has 0 aromatic heterocycles.